The average Bonchev–Trinajstić information content (AvgIpc) is 2.94. The highest BCUT2D eigenvalue weighted by Gasteiger charge is 2.27. The fraction of sp³-hybridized carbons (Fsp3) is 0.677. The first-order valence-corrected chi connectivity index (χ1v) is 14.6. The number of hydrogen-bond donors (Lipinski definition) is 1. The van der Waals surface area contributed by atoms with E-state index in [0.29, 0.717) is 18.4 Å². The molecule has 1 aromatic carbocycles. The molecule has 0 aromatic heterocycles. The SMILES string of the molecule is CCC(C)COC(=O)OC(C)CN[C@@H](Cc1ccc(OC(=O)OC(C)(C)CC)c(OC(=O)OC(C)(C)CC)c1)C(=O)OC. The van der Waals surface area contributed by atoms with E-state index in [4.69, 9.17) is 33.2 Å². The van der Waals surface area contributed by atoms with Gasteiger partial charge in [0.25, 0.3) is 0 Å². The summed E-state index contributed by atoms with van der Waals surface area (Å²) >= 11 is 0. The second kappa shape index (κ2) is 17.5. The Bertz CT molecular complexity index is 1070. The van der Waals surface area contributed by atoms with Crippen LogP contribution in [0.1, 0.15) is 87.1 Å². The molecule has 2 unspecified atom stereocenters. The summed E-state index contributed by atoms with van der Waals surface area (Å²) in [7, 11) is 1.25. The maximum absolute atomic E-state index is 12.6. The maximum Gasteiger partial charge on any atom is 0.514 e. The molecule has 0 bridgehead atoms. The lowest BCUT2D eigenvalue weighted by Crippen LogP contribution is -2.43. The summed E-state index contributed by atoms with van der Waals surface area (Å²) in [6, 6.07) is 3.63. The normalized spacial score (nSPS) is 13.6. The van der Waals surface area contributed by atoms with Gasteiger partial charge in [-0.2, -0.15) is 0 Å². The number of nitrogens with one attached hydrogen (secondary N) is 1. The number of rotatable bonds is 16. The number of hydrogen-bond acceptors (Lipinski definition) is 12. The van der Waals surface area contributed by atoms with E-state index in [2.05, 4.69) is 5.32 Å². The molecule has 0 radical (unpaired) electrons. The van der Waals surface area contributed by atoms with Crippen LogP contribution in [0.4, 0.5) is 14.4 Å². The van der Waals surface area contributed by atoms with Crippen LogP contribution in [0.25, 0.3) is 0 Å². The number of carbonyl (C=O) groups is 4. The van der Waals surface area contributed by atoms with E-state index in [1.165, 1.54) is 19.2 Å². The Balaban J connectivity index is 3.10. The number of esters is 1. The molecular weight excluding hydrogens is 562 g/mol. The minimum atomic E-state index is -0.995. The molecule has 0 aliphatic heterocycles. The van der Waals surface area contributed by atoms with Gasteiger partial charge in [-0.15, -0.1) is 0 Å². The molecular formula is C31H49NO11. The molecule has 0 saturated carbocycles. The Morgan fingerprint density at radius 3 is 1.91 bits per heavy atom. The third-order valence-corrected chi connectivity index (χ3v) is 6.87. The van der Waals surface area contributed by atoms with E-state index in [1.807, 2.05) is 27.7 Å². The van der Waals surface area contributed by atoms with Gasteiger partial charge >= 0.3 is 24.4 Å². The Morgan fingerprint density at radius 2 is 1.40 bits per heavy atom. The van der Waals surface area contributed by atoms with Gasteiger partial charge in [0, 0.05) is 6.54 Å². The Kier molecular flexibility index (Phi) is 15.3. The van der Waals surface area contributed by atoms with Crippen LogP contribution in [0.3, 0.4) is 0 Å². The Morgan fingerprint density at radius 1 is 0.837 bits per heavy atom. The lowest BCUT2D eigenvalue weighted by molar-refractivity contribution is -0.143. The Labute approximate surface area is 255 Å². The summed E-state index contributed by atoms with van der Waals surface area (Å²) in [5.74, 6) is -0.537. The molecule has 0 fully saturated rings. The minimum Gasteiger partial charge on any atom is -0.468 e. The van der Waals surface area contributed by atoms with E-state index >= 15 is 0 Å². The molecule has 0 amide bonds. The van der Waals surface area contributed by atoms with Crippen LogP contribution < -0.4 is 14.8 Å². The second-order valence-electron chi connectivity index (χ2n) is 11.6. The van der Waals surface area contributed by atoms with Crippen molar-refractivity contribution in [1.82, 2.24) is 5.32 Å². The molecule has 12 nitrogen and oxygen atoms in total. The van der Waals surface area contributed by atoms with E-state index < -0.39 is 47.8 Å². The van der Waals surface area contributed by atoms with Gasteiger partial charge in [0.2, 0.25) is 0 Å². The molecule has 0 aliphatic carbocycles. The molecule has 0 spiro atoms. The first-order valence-electron chi connectivity index (χ1n) is 14.6. The molecule has 0 aliphatic rings. The van der Waals surface area contributed by atoms with Gasteiger partial charge in [0.05, 0.1) is 13.7 Å². The van der Waals surface area contributed by atoms with Crippen molar-refractivity contribution in [2.75, 3.05) is 20.3 Å². The molecule has 12 heteroatoms. The largest absolute Gasteiger partial charge is 0.514 e. The van der Waals surface area contributed by atoms with Crippen molar-refractivity contribution in [3.05, 3.63) is 23.8 Å². The molecule has 1 N–H and O–H groups in total. The highest BCUT2D eigenvalue weighted by atomic mass is 16.8. The van der Waals surface area contributed by atoms with Gasteiger partial charge in [0.15, 0.2) is 11.5 Å². The summed E-state index contributed by atoms with van der Waals surface area (Å²) in [6.45, 7) is 16.6. The molecule has 244 valence electrons. The highest BCUT2D eigenvalue weighted by molar-refractivity contribution is 5.76. The maximum atomic E-state index is 12.6. The van der Waals surface area contributed by atoms with Gasteiger partial charge in [-0.25, -0.2) is 14.4 Å². The lowest BCUT2D eigenvalue weighted by atomic mass is 10.0. The van der Waals surface area contributed by atoms with Crippen molar-refractivity contribution >= 4 is 24.4 Å². The predicted octanol–water partition coefficient (Wildman–Crippen LogP) is 6.36. The number of methoxy groups -OCH3 is 1. The van der Waals surface area contributed by atoms with Crippen LogP contribution in [0.15, 0.2) is 18.2 Å². The zero-order valence-electron chi connectivity index (χ0n) is 27.2. The fourth-order valence-electron chi connectivity index (χ4n) is 3.15. The average molecular weight is 612 g/mol. The summed E-state index contributed by atoms with van der Waals surface area (Å²) in [5.41, 5.74) is -1.02. The lowest BCUT2D eigenvalue weighted by Gasteiger charge is -2.24. The van der Waals surface area contributed by atoms with Gasteiger partial charge in [-0.3, -0.25) is 4.79 Å². The minimum absolute atomic E-state index is 0.0765. The van der Waals surface area contributed by atoms with E-state index in [9.17, 15) is 19.2 Å². The third kappa shape index (κ3) is 14.5. The van der Waals surface area contributed by atoms with Gasteiger partial charge < -0.3 is 38.5 Å². The first-order chi connectivity index (χ1) is 20.0. The van der Waals surface area contributed by atoms with Crippen LogP contribution in [0.5, 0.6) is 11.5 Å². The predicted molar refractivity (Wildman–Crippen MR) is 158 cm³/mol. The van der Waals surface area contributed by atoms with E-state index in [1.54, 1.807) is 40.7 Å². The van der Waals surface area contributed by atoms with Gasteiger partial charge in [-0.05, 0) is 77.5 Å². The van der Waals surface area contributed by atoms with Crippen molar-refractivity contribution in [3.8, 4) is 11.5 Å². The van der Waals surface area contributed by atoms with Gasteiger partial charge in [0.1, 0.15) is 23.3 Å². The standard InChI is InChI=1S/C31H49NO11/c1-11-20(4)19-38-27(34)39-21(5)18-32-23(26(33)37-10)16-22-14-15-24(40-28(35)42-30(6,7)12-2)25(17-22)41-29(36)43-31(8,9)13-3/h14-15,17,20-21,23,32H,11-13,16,18-19H2,1-10H3/t20?,21?,23-/m0/s1. The summed E-state index contributed by atoms with van der Waals surface area (Å²) in [5, 5.41) is 3.03. The third-order valence-electron chi connectivity index (χ3n) is 6.87. The van der Waals surface area contributed by atoms with Crippen LogP contribution in [0.2, 0.25) is 0 Å². The molecule has 1 rings (SSSR count). The van der Waals surface area contributed by atoms with Crippen molar-refractivity contribution in [2.45, 2.75) is 111 Å². The Hall–Kier alpha value is -3.54. The topological polar surface area (TPSA) is 145 Å². The molecule has 43 heavy (non-hydrogen) atoms. The zero-order chi connectivity index (χ0) is 32.8. The molecule has 0 saturated heterocycles. The number of carbonyl (C=O) groups excluding carboxylic acids is 4. The number of benzene rings is 1. The van der Waals surface area contributed by atoms with E-state index in [-0.39, 0.29) is 37.0 Å². The monoisotopic (exact) mass is 611 g/mol. The summed E-state index contributed by atoms with van der Waals surface area (Å²) in [4.78, 5) is 49.6. The second-order valence-corrected chi connectivity index (χ2v) is 11.6. The van der Waals surface area contributed by atoms with Crippen molar-refractivity contribution in [3.63, 3.8) is 0 Å². The van der Waals surface area contributed by atoms with Gasteiger partial charge in [-0.1, -0.05) is 40.2 Å². The smallest absolute Gasteiger partial charge is 0.468 e. The summed E-state index contributed by atoms with van der Waals surface area (Å²) in [6.07, 6.45) is -1.33. The first kappa shape index (κ1) is 37.5. The zero-order valence-corrected chi connectivity index (χ0v) is 27.2. The number of ether oxygens (including phenoxy) is 7. The quantitative estimate of drug-likeness (QED) is 0.126. The van der Waals surface area contributed by atoms with Crippen molar-refractivity contribution in [1.29, 1.82) is 0 Å². The highest BCUT2D eigenvalue weighted by Crippen LogP contribution is 2.31. The van der Waals surface area contributed by atoms with Crippen molar-refractivity contribution < 1.29 is 52.3 Å². The van der Waals surface area contributed by atoms with Crippen LogP contribution in [-0.2, 0) is 34.9 Å². The van der Waals surface area contributed by atoms with E-state index in [0.717, 1.165) is 6.42 Å². The van der Waals surface area contributed by atoms with Crippen LogP contribution in [0, 0.1) is 5.92 Å². The molecule has 3 atom stereocenters. The summed E-state index contributed by atoms with van der Waals surface area (Å²) < 4.78 is 36.9. The van der Waals surface area contributed by atoms with Crippen LogP contribution >= 0.6 is 0 Å². The molecule has 0 heterocycles. The van der Waals surface area contributed by atoms with Crippen molar-refractivity contribution in [2.24, 2.45) is 5.92 Å². The fourth-order valence-corrected chi connectivity index (χ4v) is 3.15. The molecule has 1 aromatic rings. The van der Waals surface area contributed by atoms with Crippen LogP contribution in [-0.4, -0.2) is 68.0 Å².